The maximum Gasteiger partial charge on any atom is 0.334 e. The van der Waals surface area contributed by atoms with E-state index >= 15 is 0 Å². The van der Waals surface area contributed by atoms with E-state index in [2.05, 4.69) is 21.2 Å². The van der Waals surface area contributed by atoms with Gasteiger partial charge in [-0.2, -0.15) is 0 Å². The Morgan fingerprint density at radius 1 is 1.50 bits per heavy atom. The second-order valence-corrected chi connectivity index (χ2v) is 4.78. The number of benzene rings is 1. The van der Waals surface area contributed by atoms with Crippen LogP contribution in [0.1, 0.15) is 10.4 Å². The topological polar surface area (TPSA) is 75.6 Å². The maximum absolute atomic E-state index is 11.8. The third kappa shape index (κ3) is 4.29. The van der Waals surface area contributed by atoms with Crippen molar-refractivity contribution in [2.45, 2.75) is 6.10 Å². The van der Waals surface area contributed by atoms with Gasteiger partial charge in [0.05, 0.1) is 6.54 Å². The number of halogens is 2. The molecule has 1 aromatic rings. The lowest BCUT2D eigenvalue weighted by atomic mass is 10.2. The summed E-state index contributed by atoms with van der Waals surface area (Å²) in [4.78, 5) is 22.4. The van der Waals surface area contributed by atoms with Crippen LogP contribution in [0.2, 0.25) is 5.02 Å². The van der Waals surface area contributed by atoms with Crippen LogP contribution >= 0.6 is 27.5 Å². The number of methoxy groups -OCH3 is 1. The van der Waals surface area contributed by atoms with E-state index in [1.807, 2.05) is 0 Å². The Labute approximate surface area is 117 Å². The Balaban J connectivity index is 2.68. The molecular weight excluding hydrogens is 325 g/mol. The summed E-state index contributed by atoms with van der Waals surface area (Å²) in [6.07, 6.45) is -1.07. The molecule has 1 amide bonds. The van der Waals surface area contributed by atoms with Gasteiger partial charge >= 0.3 is 5.97 Å². The number of carboxylic acid groups (broad SMARTS) is 1. The molecule has 0 aliphatic rings. The summed E-state index contributed by atoms with van der Waals surface area (Å²) >= 11 is 9.02. The Morgan fingerprint density at radius 2 is 2.17 bits per heavy atom. The highest BCUT2D eigenvalue weighted by molar-refractivity contribution is 9.10. The van der Waals surface area contributed by atoms with Gasteiger partial charge in [0.2, 0.25) is 0 Å². The molecule has 98 valence electrons. The molecule has 1 atom stereocenters. The zero-order valence-corrected chi connectivity index (χ0v) is 11.8. The summed E-state index contributed by atoms with van der Waals surface area (Å²) < 4.78 is 5.36. The highest BCUT2D eigenvalue weighted by Crippen LogP contribution is 2.19. The van der Waals surface area contributed by atoms with Gasteiger partial charge in [-0.3, -0.25) is 4.79 Å². The Bertz CT molecular complexity index is 446. The average Bonchev–Trinajstić information content (AvgIpc) is 2.27. The van der Waals surface area contributed by atoms with Crippen molar-refractivity contribution in [2.75, 3.05) is 13.7 Å². The second-order valence-electron chi connectivity index (χ2n) is 3.43. The van der Waals surface area contributed by atoms with Gasteiger partial charge in [0, 0.05) is 22.2 Å². The molecule has 0 radical (unpaired) electrons. The molecule has 0 aromatic heterocycles. The molecule has 0 saturated carbocycles. The molecular formula is C11H11BrClNO4. The molecule has 1 rings (SSSR count). The number of hydrogen-bond acceptors (Lipinski definition) is 3. The van der Waals surface area contributed by atoms with E-state index in [4.69, 9.17) is 21.4 Å². The lowest BCUT2D eigenvalue weighted by molar-refractivity contribution is -0.148. The Kier molecular flexibility index (Phi) is 5.58. The van der Waals surface area contributed by atoms with Crippen molar-refractivity contribution in [3.8, 4) is 0 Å². The van der Waals surface area contributed by atoms with Crippen LogP contribution in [-0.2, 0) is 9.53 Å². The Hall–Kier alpha value is -1.11. The minimum atomic E-state index is -1.13. The molecule has 7 heteroatoms. The van der Waals surface area contributed by atoms with Crippen LogP contribution < -0.4 is 5.32 Å². The Morgan fingerprint density at radius 3 is 2.67 bits per heavy atom. The zero-order valence-electron chi connectivity index (χ0n) is 9.44. The number of rotatable bonds is 5. The first-order chi connectivity index (χ1) is 8.43. The quantitative estimate of drug-likeness (QED) is 0.861. The maximum atomic E-state index is 11.8. The summed E-state index contributed by atoms with van der Waals surface area (Å²) in [6, 6.07) is 4.72. The predicted octanol–water partition coefficient (Wildman–Crippen LogP) is 1.93. The fourth-order valence-corrected chi connectivity index (χ4v) is 2.10. The molecule has 18 heavy (non-hydrogen) atoms. The van der Waals surface area contributed by atoms with Crippen molar-refractivity contribution in [2.24, 2.45) is 0 Å². The van der Waals surface area contributed by atoms with Gasteiger partial charge in [0.15, 0.2) is 6.10 Å². The van der Waals surface area contributed by atoms with Crippen LogP contribution in [0.4, 0.5) is 0 Å². The molecule has 0 fully saturated rings. The van der Waals surface area contributed by atoms with Crippen LogP contribution in [0.5, 0.6) is 0 Å². The minimum absolute atomic E-state index is 0.116. The smallest absolute Gasteiger partial charge is 0.334 e. The fourth-order valence-electron chi connectivity index (χ4n) is 1.24. The van der Waals surface area contributed by atoms with E-state index in [1.54, 1.807) is 12.1 Å². The van der Waals surface area contributed by atoms with E-state index in [-0.39, 0.29) is 6.54 Å². The second kappa shape index (κ2) is 6.72. The molecule has 0 spiro atoms. The number of carboxylic acids is 1. The van der Waals surface area contributed by atoms with Gasteiger partial charge < -0.3 is 15.2 Å². The van der Waals surface area contributed by atoms with E-state index < -0.39 is 18.0 Å². The number of amides is 1. The molecule has 1 unspecified atom stereocenters. The minimum Gasteiger partial charge on any atom is -0.479 e. The van der Waals surface area contributed by atoms with Gasteiger partial charge in [-0.1, -0.05) is 27.5 Å². The average molecular weight is 337 g/mol. The van der Waals surface area contributed by atoms with Gasteiger partial charge in [-0.25, -0.2) is 4.79 Å². The van der Waals surface area contributed by atoms with E-state index in [0.29, 0.717) is 15.1 Å². The standard InChI is InChI=1S/C11H11BrClNO4/c1-18-9(11(16)17)5-14-10(15)6-2-7(12)4-8(13)3-6/h2-4,9H,5H2,1H3,(H,14,15)(H,16,17). The molecule has 0 bridgehead atoms. The van der Waals surface area contributed by atoms with Crippen molar-refractivity contribution in [3.63, 3.8) is 0 Å². The van der Waals surface area contributed by atoms with Crippen molar-refractivity contribution >= 4 is 39.4 Å². The molecule has 0 saturated heterocycles. The summed E-state index contributed by atoms with van der Waals surface area (Å²) in [7, 11) is 1.26. The molecule has 0 aliphatic heterocycles. The van der Waals surface area contributed by atoms with Crippen molar-refractivity contribution in [3.05, 3.63) is 33.3 Å². The van der Waals surface area contributed by atoms with Crippen LogP contribution in [0.15, 0.2) is 22.7 Å². The molecule has 1 aromatic carbocycles. The highest BCUT2D eigenvalue weighted by atomic mass is 79.9. The summed E-state index contributed by atoms with van der Waals surface area (Å²) in [5.41, 5.74) is 0.342. The van der Waals surface area contributed by atoms with Crippen molar-refractivity contribution < 1.29 is 19.4 Å². The fraction of sp³-hybridized carbons (Fsp3) is 0.273. The number of carbonyl (C=O) groups is 2. The predicted molar refractivity (Wildman–Crippen MR) is 69.9 cm³/mol. The zero-order chi connectivity index (χ0) is 13.7. The van der Waals surface area contributed by atoms with Gasteiger partial charge in [0.1, 0.15) is 0 Å². The van der Waals surface area contributed by atoms with E-state index in [1.165, 1.54) is 13.2 Å². The monoisotopic (exact) mass is 335 g/mol. The largest absolute Gasteiger partial charge is 0.479 e. The summed E-state index contributed by atoms with van der Waals surface area (Å²) in [5, 5.41) is 11.6. The lowest BCUT2D eigenvalue weighted by Crippen LogP contribution is -2.37. The van der Waals surface area contributed by atoms with Crippen LogP contribution in [-0.4, -0.2) is 36.7 Å². The molecule has 0 aliphatic carbocycles. The number of carbonyl (C=O) groups excluding carboxylic acids is 1. The third-order valence-corrected chi connectivity index (χ3v) is 2.81. The number of aliphatic carboxylic acids is 1. The first-order valence-corrected chi connectivity index (χ1v) is 6.11. The SMILES string of the molecule is COC(CNC(=O)c1cc(Cl)cc(Br)c1)C(=O)O. The number of ether oxygens (including phenoxy) is 1. The van der Waals surface area contributed by atoms with E-state index in [9.17, 15) is 9.59 Å². The van der Waals surface area contributed by atoms with Crippen LogP contribution in [0.3, 0.4) is 0 Å². The first-order valence-electron chi connectivity index (χ1n) is 4.94. The van der Waals surface area contributed by atoms with E-state index in [0.717, 1.165) is 0 Å². The highest BCUT2D eigenvalue weighted by Gasteiger charge is 2.17. The van der Waals surface area contributed by atoms with Gasteiger partial charge in [0.25, 0.3) is 5.91 Å². The first kappa shape index (κ1) is 14.9. The molecule has 0 heterocycles. The summed E-state index contributed by atoms with van der Waals surface area (Å²) in [6.45, 7) is -0.116. The number of hydrogen-bond donors (Lipinski definition) is 2. The van der Waals surface area contributed by atoms with Crippen molar-refractivity contribution in [1.29, 1.82) is 0 Å². The number of nitrogens with one attached hydrogen (secondary N) is 1. The van der Waals surface area contributed by atoms with Crippen LogP contribution in [0, 0.1) is 0 Å². The van der Waals surface area contributed by atoms with Gasteiger partial charge in [-0.05, 0) is 18.2 Å². The third-order valence-electron chi connectivity index (χ3n) is 2.13. The summed E-state index contributed by atoms with van der Waals surface area (Å²) in [5.74, 6) is -1.55. The van der Waals surface area contributed by atoms with Gasteiger partial charge in [-0.15, -0.1) is 0 Å². The normalized spacial score (nSPS) is 11.9. The molecule has 2 N–H and O–H groups in total. The van der Waals surface area contributed by atoms with Crippen molar-refractivity contribution in [1.82, 2.24) is 5.32 Å². The molecule has 5 nitrogen and oxygen atoms in total. The van der Waals surface area contributed by atoms with Crippen LogP contribution in [0.25, 0.3) is 0 Å². The lowest BCUT2D eigenvalue weighted by Gasteiger charge is -2.11.